The van der Waals surface area contributed by atoms with Crippen molar-refractivity contribution in [1.29, 1.82) is 0 Å². The van der Waals surface area contributed by atoms with E-state index in [1.54, 1.807) is 36.4 Å². The van der Waals surface area contributed by atoms with Gasteiger partial charge in [-0.3, -0.25) is 9.59 Å². The van der Waals surface area contributed by atoms with Gasteiger partial charge >= 0.3 is 5.69 Å². The van der Waals surface area contributed by atoms with Crippen LogP contribution in [-0.2, 0) is 11.3 Å². The molecule has 0 fully saturated rings. The third-order valence-corrected chi connectivity index (χ3v) is 4.71. The Bertz CT molecular complexity index is 1380. The van der Waals surface area contributed by atoms with Crippen molar-refractivity contribution in [3.63, 3.8) is 0 Å². The number of benzene rings is 2. The number of nitrogens with zero attached hydrogens (tertiary/aromatic N) is 3. The molecule has 1 amide bonds. The predicted octanol–water partition coefficient (Wildman–Crippen LogP) is 2.98. The van der Waals surface area contributed by atoms with Crippen molar-refractivity contribution in [1.82, 2.24) is 14.1 Å². The Kier molecular flexibility index (Phi) is 5.16. The number of halogens is 2. The van der Waals surface area contributed by atoms with Crippen LogP contribution in [0.1, 0.15) is 0 Å². The topological polar surface area (TPSA) is 86.0 Å². The maximum absolute atomic E-state index is 13.3. The molecule has 4 aromatic rings. The van der Waals surface area contributed by atoms with E-state index in [0.717, 1.165) is 10.6 Å². The molecule has 7 nitrogen and oxygen atoms in total. The van der Waals surface area contributed by atoms with Crippen LogP contribution in [0.3, 0.4) is 0 Å². The summed E-state index contributed by atoms with van der Waals surface area (Å²) in [6, 6.07) is 15.5. The van der Waals surface area contributed by atoms with Crippen LogP contribution in [0.4, 0.5) is 10.1 Å². The van der Waals surface area contributed by atoms with Crippen molar-refractivity contribution in [2.24, 2.45) is 0 Å². The maximum atomic E-state index is 13.3. The molecule has 0 radical (unpaired) electrons. The van der Waals surface area contributed by atoms with Crippen LogP contribution < -0.4 is 16.6 Å². The highest BCUT2D eigenvalue weighted by Gasteiger charge is 2.17. The molecule has 0 saturated heterocycles. The van der Waals surface area contributed by atoms with Crippen LogP contribution in [0.25, 0.3) is 16.7 Å². The van der Waals surface area contributed by atoms with Gasteiger partial charge in [0.2, 0.25) is 5.91 Å². The Morgan fingerprint density at radius 2 is 1.83 bits per heavy atom. The summed E-state index contributed by atoms with van der Waals surface area (Å²) in [4.78, 5) is 42.7. The summed E-state index contributed by atoms with van der Waals surface area (Å²) in [6.45, 7) is -0.537. The number of carbonyl (C=O) groups is 1. The average molecular weight is 425 g/mol. The first-order valence-electron chi connectivity index (χ1n) is 8.86. The molecule has 0 spiro atoms. The van der Waals surface area contributed by atoms with E-state index in [0.29, 0.717) is 5.69 Å². The van der Waals surface area contributed by atoms with Crippen molar-refractivity contribution in [3.05, 3.63) is 98.5 Å². The first-order chi connectivity index (χ1) is 14.5. The standard InChI is InChI=1S/C21H14ClFN4O3/c22-16-11-13(8-9-17(16)23)25-18(28)12-26-20(29)15-7-4-10-24-19(15)27(21(26)30)14-5-2-1-3-6-14/h1-11H,12H2,(H,25,28). The zero-order valence-electron chi connectivity index (χ0n) is 15.4. The van der Waals surface area contributed by atoms with Gasteiger partial charge in [0.25, 0.3) is 5.56 Å². The van der Waals surface area contributed by atoms with Crippen LogP contribution in [0, 0.1) is 5.82 Å². The number of fused-ring (bicyclic) bond motifs is 1. The van der Waals surface area contributed by atoms with Gasteiger partial charge in [-0.25, -0.2) is 23.3 Å². The Hall–Kier alpha value is -3.78. The molecule has 2 heterocycles. The molecular formula is C21H14ClFN4O3. The molecule has 0 bridgehead atoms. The first-order valence-corrected chi connectivity index (χ1v) is 9.24. The molecular weight excluding hydrogens is 411 g/mol. The van der Waals surface area contributed by atoms with Crippen LogP contribution in [-0.4, -0.2) is 20.0 Å². The number of para-hydroxylation sites is 1. The number of nitrogens with one attached hydrogen (secondary N) is 1. The minimum Gasteiger partial charge on any atom is -0.324 e. The zero-order valence-corrected chi connectivity index (χ0v) is 16.1. The lowest BCUT2D eigenvalue weighted by atomic mass is 10.3. The van der Waals surface area contributed by atoms with Crippen molar-refractivity contribution >= 4 is 34.2 Å². The van der Waals surface area contributed by atoms with Gasteiger partial charge in [0.15, 0.2) is 5.65 Å². The Balaban J connectivity index is 1.79. The lowest BCUT2D eigenvalue weighted by Crippen LogP contribution is -2.42. The second kappa shape index (κ2) is 7.92. The third-order valence-electron chi connectivity index (χ3n) is 4.42. The van der Waals surface area contributed by atoms with Crippen molar-refractivity contribution in [2.45, 2.75) is 6.54 Å². The van der Waals surface area contributed by atoms with E-state index in [9.17, 15) is 18.8 Å². The van der Waals surface area contributed by atoms with Gasteiger partial charge in [0.05, 0.1) is 16.1 Å². The number of hydrogen-bond donors (Lipinski definition) is 1. The summed E-state index contributed by atoms with van der Waals surface area (Å²) in [7, 11) is 0. The Labute approximate surface area is 174 Å². The smallest absolute Gasteiger partial charge is 0.324 e. The number of carbonyl (C=O) groups excluding carboxylic acids is 1. The molecule has 0 aliphatic rings. The van der Waals surface area contributed by atoms with Crippen molar-refractivity contribution in [3.8, 4) is 5.69 Å². The number of hydrogen-bond acceptors (Lipinski definition) is 4. The van der Waals surface area contributed by atoms with Gasteiger partial charge in [-0.1, -0.05) is 29.8 Å². The fourth-order valence-corrected chi connectivity index (χ4v) is 3.23. The highest BCUT2D eigenvalue weighted by Crippen LogP contribution is 2.19. The van der Waals surface area contributed by atoms with E-state index >= 15 is 0 Å². The quantitative estimate of drug-likeness (QED) is 0.545. The largest absolute Gasteiger partial charge is 0.337 e. The lowest BCUT2D eigenvalue weighted by molar-refractivity contribution is -0.116. The van der Waals surface area contributed by atoms with E-state index in [4.69, 9.17) is 11.6 Å². The van der Waals surface area contributed by atoms with Crippen LogP contribution >= 0.6 is 11.6 Å². The van der Waals surface area contributed by atoms with Gasteiger partial charge in [-0.2, -0.15) is 0 Å². The highest BCUT2D eigenvalue weighted by molar-refractivity contribution is 6.31. The van der Waals surface area contributed by atoms with Crippen molar-refractivity contribution < 1.29 is 9.18 Å². The van der Waals surface area contributed by atoms with E-state index in [1.165, 1.54) is 29.0 Å². The van der Waals surface area contributed by atoms with Crippen LogP contribution in [0.15, 0.2) is 76.4 Å². The predicted molar refractivity (Wildman–Crippen MR) is 112 cm³/mol. The molecule has 9 heteroatoms. The Morgan fingerprint density at radius 1 is 1.07 bits per heavy atom. The number of rotatable bonds is 4. The van der Waals surface area contributed by atoms with E-state index in [2.05, 4.69) is 10.3 Å². The van der Waals surface area contributed by atoms with E-state index < -0.39 is 29.5 Å². The lowest BCUT2D eigenvalue weighted by Gasteiger charge is -2.13. The van der Waals surface area contributed by atoms with E-state index in [-0.39, 0.29) is 21.7 Å². The van der Waals surface area contributed by atoms with Crippen LogP contribution in [0.2, 0.25) is 5.02 Å². The minimum atomic E-state index is -0.704. The van der Waals surface area contributed by atoms with Crippen LogP contribution in [0.5, 0.6) is 0 Å². The molecule has 0 saturated carbocycles. The van der Waals surface area contributed by atoms with Gasteiger partial charge in [0, 0.05) is 11.9 Å². The second-order valence-electron chi connectivity index (χ2n) is 6.40. The third kappa shape index (κ3) is 3.60. The molecule has 1 N–H and O–H groups in total. The normalized spacial score (nSPS) is 10.9. The van der Waals surface area contributed by atoms with Gasteiger partial charge in [-0.15, -0.1) is 0 Å². The van der Waals surface area contributed by atoms with Gasteiger partial charge in [-0.05, 0) is 42.5 Å². The van der Waals surface area contributed by atoms with Gasteiger partial charge in [0.1, 0.15) is 12.4 Å². The second-order valence-corrected chi connectivity index (χ2v) is 6.80. The molecule has 30 heavy (non-hydrogen) atoms. The molecule has 2 aromatic heterocycles. The fraction of sp³-hybridized carbons (Fsp3) is 0.0476. The number of anilines is 1. The molecule has 0 aliphatic heterocycles. The molecule has 150 valence electrons. The Morgan fingerprint density at radius 3 is 2.57 bits per heavy atom. The monoisotopic (exact) mass is 424 g/mol. The average Bonchev–Trinajstić information content (AvgIpc) is 2.75. The summed E-state index contributed by atoms with van der Waals surface area (Å²) >= 11 is 5.72. The number of amides is 1. The molecule has 0 aliphatic carbocycles. The fourth-order valence-electron chi connectivity index (χ4n) is 3.05. The SMILES string of the molecule is O=C(Cn1c(=O)c2cccnc2n(-c2ccccc2)c1=O)Nc1ccc(F)c(Cl)c1. The molecule has 4 rings (SSSR count). The molecule has 0 unspecified atom stereocenters. The van der Waals surface area contributed by atoms with Crippen molar-refractivity contribution in [2.75, 3.05) is 5.32 Å². The zero-order chi connectivity index (χ0) is 21.3. The summed E-state index contributed by atoms with van der Waals surface area (Å²) in [6.07, 6.45) is 1.48. The maximum Gasteiger partial charge on any atom is 0.337 e. The number of pyridine rings is 1. The minimum absolute atomic E-state index is 0.159. The van der Waals surface area contributed by atoms with E-state index in [1.807, 2.05) is 0 Å². The highest BCUT2D eigenvalue weighted by atomic mass is 35.5. The summed E-state index contributed by atoms with van der Waals surface area (Å²) < 4.78 is 15.4. The molecule has 2 aromatic carbocycles. The summed E-state index contributed by atoms with van der Waals surface area (Å²) in [5.41, 5.74) is -0.399. The summed E-state index contributed by atoms with van der Waals surface area (Å²) in [5, 5.41) is 2.54. The molecule has 0 atom stereocenters. The number of aromatic nitrogens is 3. The van der Waals surface area contributed by atoms with Gasteiger partial charge < -0.3 is 5.32 Å². The summed E-state index contributed by atoms with van der Waals surface area (Å²) in [5.74, 6) is -1.27. The first kappa shape index (κ1) is 19.5.